The number of hydrogen-bond acceptors (Lipinski definition) is 6. The van der Waals surface area contributed by atoms with Crippen molar-refractivity contribution in [2.24, 2.45) is 4.99 Å². The maximum atomic E-state index is 12.9. The fourth-order valence-corrected chi connectivity index (χ4v) is 4.12. The molecule has 0 saturated carbocycles. The van der Waals surface area contributed by atoms with E-state index in [4.69, 9.17) is 9.47 Å². The van der Waals surface area contributed by atoms with E-state index in [1.54, 1.807) is 37.3 Å². The molecule has 0 bridgehead atoms. The number of carbonyl (C=O) groups is 1. The molecule has 2 atom stereocenters. The minimum atomic E-state index is -3.70. The smallest absolute Gasteiger partial charge is 0.311 e. The SMILES string of the molecule is CC/C=C(/OC(=O)CCC)C1=N[C@@H](S(=O)(=O)c2ccc(C)cc2)[C@@H](C)O1. The van der Waals surface area contributed by atoms with E-state index in [0.29, 0.717) is 12.8 Å². The van der Waals surface area contributed by atoms with Gasteiger partial charge in [0.05, 0.1) is 4.90 Å². The van der Waals surface area contributed by atoms with Crippen LogP contribution in [0, 0.1) is 6.92 Å². The van der Waals surface area contributed by atoms with Crippen LogP contribution in [-0.4, -0.2) is 31.8 Å². The molecule has 0 aliphatic carbocycles. The maximum absolute atomic E-state index is 12.9. The number of allylic oxidation sites excluding steroid dienone is 1. The summed E-state index contributed by atoms with van der Waals surface area (Å²) in [6.45, 7) is 7.29. The Balaban J connectivity index is 2.31. The van der Waals surface area contributed by atoms with Crippen molar-refractivity contribution in [1.29, 1.82) is 0 Å². The third-order valence-electron chi connectivity index (χ3n) is 3.89. The van der Waals surface area contributed by atoms with Crippen LogP contribution in [0.3, 0.4) is 0 Å². The molecule has 2 rings (SSSR count). The van der Waals surface area contributed by atoms with Gasteiger partial charge in [-0.05, 0) is 44.9 Å². The number of esters is 1. The average molecular weight is 379 g/mol. The van der Waals surface area contributed by atoms with Crippen molar-refractivity contribution in [2.75, 3.05) is 0 Å². The van der Waals surface area contributed by atoms with E-state index in [2.05, 4.69) is 4.99 Å². The molecular weight excluding hydrogens is 354 g/mol. The molecule has 0 spiro atoms. The number of aryl methyl sites for hydroxylation is 1. The van der Waals surface area contributed by atoms with Crippen molar-refractivity contribution in [3.63, 3.8) is 0 Å². The second kappa shape index (κ2) is 8.49. The lowest BCUT2D eigenvalue weighted by molar-refractivity contribution is -0.139. The van der Waals surface area contributed by atoms with Crippen LogP contribution >= 0.6 is 0 Å². The third kappa shape index (κ3) is 4.52. The highest BCUT2D eigenvalue weighted by Crippen LogP contribution is 2.28. The van der Waals surface area contributed by atoms with Gasteiger partial charge in [-0.3, -0.25) is 4.79 Å². The lowest BCUT2D eigenvalue weighted by Gasteiger charge is -2.14. The summed E-state index contributed by atoms with van der Waals surface area (Å²) in [6, 6.07) is 6.61. The summed E-state index contributed by atoms with van der Waals surface area (Å²) in [6.07, 6.45) is 2.52. The first kappa shape index (κ1) is 20.2. The quantitative estimate of drug-likeness (QED) is 0.534. The number of aliphatic imine (C=N–C) groups is 1. The predicted octanol–water partition coefficient (Wildman–Crippen LogP) is 3.55. The van der Waals surface area contributed by atoms with E-state index < -0.39 is 27.3 Å². The lowest BCUT2D eigenvalue weighted by atomic mass is 10.2. The Bertz CT molecular complexity index is 809. The molecule has 1 aliphatic heterocycles. The molecule has 1 aromatic rings. The first-order valence-electron chi connectivity index (χ1n) is 8.75. The van der Waals surface area contributed by atoms with E-state index in [1.165, 1.54) is 0 Å². The molecule has 26 heavy (non-hydrogen) atoms. The van der Waals surface area contributed by atoms with Gasteiger partial charge < -0.3 is 9.47 Å². The van der Waals surface area contributed by atoms with Gasteiger partial charge in [-0.15, -0.1) is 0 Å². The summed E-state index contributed by atoms with van der Waals surface area (Å²) >= 11 is 0. The molecule has 0 aromatic heterocycles. The first-order chi connectivity index (χ1) is 12.3. The van der Waals surface area contributed by atoms with Gasteiger partial charge in [-0.2, -0.15) is 0 Å². The Morgan fingerprint density at radius 1 is 1.27 bits per heavy atom. The molecule has 6 nitrogen and oxygen atoms in total. The number of nitrogens with zero attached hydrogens (tertiary/aromatic N) is 1. The highest BCUT2D eigenvalue weighted by atomic mass is 32.2. The summed E-state index contributed by atoms with van der Waals surface area (Å²) < 4.78 is 36.7. The zero-order chi connectivity index (χ0) is 19.3. The second-order valence-electron chi connectivity index (χ2n) is 6.21. The number of hydrogen-bond donors (Lipinski definition) is 0. The van der Waals surface area contributed by atoms with Gasteiger partial charge in [-0.1, -0.05) is 31.5 Å². The normalized spacial score (nSPS) is 20.5. The average Bonchev–Trinajstić information content (AvgIpc) is 2.98. The third-order valence-corrected chi connectivity index (χ3v) is 5.94. The summed E-state index contributed by atoms with van der Waals surface area (Å²) in [5, 5.41) is -1.08. The first-order valence-corrected chi connectivity index (χ1v) is 10.3. The van der Waals surface area contributed by atoms with Crippen molar-refractivity contribution in [3.8, 4) is 0 Å². The second-order valence-corrected chi connectivity index (χ2v) is 8.25. The van der Waals surface area contributed by atoms with Gasteiger partial charge in [0.1, 0.15) is 6.10 Å². The molecule has 0 unspecified atom stereocenters. The number of rotatable bonds is 7. The lowest BCUT2D eigenvalue weighted by Crippen LogP contribution is -2.28. The van der Waals surface area contributed by atoms with Crippen molar-refractivity contribution in [3.05, 3.63) is 41.7 Å². The van der Waals surface area contributed by atoms with Crippen molar-refractivity contribution < 1.29 is 22.7 Å². The molecule has 0 radical (unpaired) electrons. The Hall–Kier alpha value is -2.15. The Morgan fingerprint density at radius 3 is 2.50 bits per heavy atom. The summed E-state index contributed by atoms with van der Waals surface area (Å²) in [5.41, 5.74) is 0.972. The number of carbonyl (C=O) groups excluding carboxylic acids is 1. The number of ether oxygens (including phenoxy) is 2. The maximum Gasteiger partial charge on any atom is 0.311 e. The summed E-state index contributed by atoms with van der Waals surface area (Å²) in [7, 11) is -3.70. The topological polar surface area (TPSA) is 82.0 Å². The zero-order valence-electron chi connectivity index (χ0n) is 15.6. The van der Waals surface area contributed by atoms with Gasteiger partial charge >= 0.3 is 5.97 Å². The zero-order valence-corrected chi connectivity index (χ0v) is 16.4. The van der Waals surface area contributed by atoms with Gasteiger partial charge in [-0.25, -0.2) is 13.4 Å². The van der Waals surface area contributed by atoms with Crippen molar-refractivity contribution >= 4 is 21.7 Å². The van der Waals surface area contributed by atoms with E-state index in [-0.39, 0.29) is 23.0 Å². The Morgan fingerprint density at radius 2 is 1.92 bits per heavy atom. The van der Waals surface area contributed by atoms with Crippen LogP contribution < -0.4 is 0 Å². The molecule has 0 amide bonds. The molecular formula is C19H25NO5S. The largest absolute Gasteiger partial charge is 0.469 e. The molecule has 1 heterocycles. The minimum Gasteiger partial charge on any atom is -0.469 e. The van der Waals surface area contributed by atoms with E-state index >= 15 is 0 Å². The van der Waals surface area contributed by atoms with Crippen LogP contribution in [0.15, 0.2) is 46.0 Å². The number of sulfone groups is 1. The van der Waals surface area contributed by atoms with Gasteiger partial charge in [0.25, 0.3) is 5.90 Å². The van der Waals surface area contributed by atoms with Crippen LogP contribution in [0.25, 0.3) is 0 Å². The highest BCUT2D eigenvalue weighted by molar-refractivity contribution is 7.92. The van der Waals surface area contributed by atoms with Gasteiger partial charge in [0.2, 0.25) is 9.84 Å². The fraction of sp³-hybridized carbons (Fsp3) is 0.474. The molecule has 1 aliphatic rings. The van der Waals surface area contributed by atoms with Crippen LogP contribution in [0.5, 0.6) is 0 Å². The minimum absolute atomic E-state index is 0.0597. The summed E-state index contributed by atoms with van der Waals surface area (Å²) in [4.78, 5) is 16.2. The van der Waals surface area contributed by atoms with E-state index in [1.807, 2.05) is 20.8 Å². The van der Waals surface area contributed by atoms with Crippen LogP contribution in [0.2, 0.25) is 0 Å². The van der Waals surface area contributed by atoms with Crippen molar-refractivity contribution in [1.82, 2.24) is 0 Å². The molecule has 7 heteroatoms. The molecule has 0 N–H and O–H groups in total. The van der Waals surface area contributed by atoms with Crippen LogP contribution in [-0.2, 0) is 24.1 Å². The van der Waals surface area contributed by atoms with Crippen LogP contribution in [0.4, 0.5) is 0 Å². The van der Waals surface area contributed by atoms with Crippen molar-refractivity contribution in [2.45, 2.75) is 63.3 Å². The predicted molar refractivity (Wildman–Crippen MR) is 99.5 cm³/mol. The molecule has 0 saturated heterocycles. The van der Waals surface area contributed by atoms with Crippen LogP contribution in [0.1, 0.15) is 45.6 Å². The van der Waals surface area contributed by atoms with E-state index in [9.17, 15) is 13.2 Å². The van der Waals surface area contributed by atoms with Gasteiger partial charge in [0.15, 0.2) is 11.1 Å². The fourth-order valence-electron chi connectivity index (χ4n) is 2.53. The molecule has 142 valence electrons. The highest BCUT2D eigenvalue weighted by Gasteiger charge is 2.40. The molecule has 0 fully saturated rings. The Kier molecular flexibility index (Phi) is 6.58. The standard InChI is InChI=1S/C19H25NO5S/c1-5-7-16(25-17(21)8-6-2)18-20-19(14(4)24-18)26(22,23)15-11-9-13(3)10-12-15/h7,9-12,14,19H,5-6,8H2,1-4H3/b16-7+/t14-,19+/m1/s1. The monoisotopic (exact) mass is 379 g/mol. The van der Waals surface area contributed by atoms with Gasteiger partial charge in [0, 0.05) is 6.42 Å². The summed E-state index contributed by atoms with van der Waals surface area (Å²) in [5.74, 6) is -0.153. The number of benzene rings is 1. The van der Waals surface area contributed by atoms with E-state index in [0.717, 1.165) is 5.56 Å². The molecule has 1 aromatic carbocycles. The Labute approximate surface area is 154 Å².